The lowest BCUT2D eigenvalue weighted by atomic mass is 10.1. The molecule has 2 aromatic carbocycles. The summed E-state index contributed by atoms with van der Waals surface area (Å²) in [7, 11) is 0. The molecule has 4 rings (SSSR count). The first kappa shape index (κ1) is 18.6. The molecule has 0 atom stereocenters. The maximum atomic E-state index is 12.9. The van der Waals surface area contributed by atoms with Crippen LogP contribution in [-0.2, 0) is 19.5 Å². The fourth-order valence-corrected chi connectivity index (χ4v) is 3.75. The van der Waals surface area contributed by atoms with Crippen molar-refractivity contribution in [3.63, 3.8) is 0 Å². The number of hydrogen-bond acceptors (Lipinski definition) is 3. The predicted molar refractivity (Wildman–Crippen MR) is 118 cm³/mol. The summed E-state index contributed by atoms with van der Waals surface area (Å²) in [6, 6.07) is 14.0. The molecule has 1 aromatic heterocycles. The Hall–Kier alpha value is -2.73. The first-order valence-electron chi connectivity index (χ1n) is 9.74. The molecule has 0 aliphatic carbocycles. The van der Waals surface area contributed by atoms with Gasteiger partial charge in [-0.25, -0.2) is 4.98 Å². The van der Waals surface area contributed by atoms with E-state index in [9.17, 15) is 4.79 Å². The van der Waals surface area contributed by atoms with Crippen LogP contribution >= 0.6 is 12.2 Å². The minimum atomic E-state index is 0.0454. The molecule has 6 heteroatoms. The highest BCUT2D eigenvalue weighted by Gasteiger charge is 2.14. The summed E-state index contributed by atoms with van der Waals surface area (Å²) in [6.07, 6.45) is 4.15. The SMILES string of the molecule is Cc1ccc(CNC(=S)Nc2ccc3nc4n(c(=O)c3c2)CCCCC4)cc1. The van der Waals surface area contributed by atoms with Gasteiger partial charge in [-0.3, -0.25) is 9.36 Å². The first-order chi connectivity index (χ1) is 13.6. The molecule has 0 saturated carbocycles. The molecule has 5 nitrogen and oxygen atoms in total. The number of rotatable bonds is 3. The number of anilines is 1. The molecule has 3 aromatic rings. The van der Waals surface area contributed by atoms with E-state index in [1.54, 1.807) is 0 Å². The molecule has 0 spiro atoms. The van der Waals surface area contributed by atoms with E-state index in [-0.39, 0.29) is 5.56 Å². The van der Waals surface area contributed by atoms with Gasteiger partial charge >= 0.3 is 0 Å². The van der Waals surface area contributed by atoms with Crippen LogP contribution in [0.5, 0.6) is 0 Å². The van der Waals surface area contributed by atoms with Gasteiger partial charge in [0.2, 0.25) is 0 Å². The van der Waals surface area contributed by atoms with E-state index in [0.29, 0.717) is 17.0 Å². The lowest BCUT2D eigenvalue weighted by molar-refractivity contribution is 0.614. The van der Waals surface area contributed by atoms with Crippen LogP contribution in [0, 0.1) is 6.92 Å². The number of nitrogens with one attached hydrogen (secondary N) is 2. The zero-order chi connectivity index (χ0) is 19.5. The number of hydrogen-bond donors (Lipinski definition) is 2. The van der Waals surface area contributed by atoms with E-state index >= 15 is 0 Å². The zero-order valence-electron chi connectivity index (χ0n) is 16.0. The monoisotopic (exact) mass is 392 g/mol. The molecule has 0 radical (unpaired) electrons. The van der Waals surface area contributed by atoms with Crippen molar-refractivity contribution >= 4 is 33.9 Å². The number of aromatic nitrogens is 2. The Morgan fingerprint density at radius 2 is 1.96 bits per heavy atom. The average Bonchev–Trinajstić information content (AvgIpc) is 2.94. The van der Waals surface area contributed by atoms with E-state index in [4.69, 9.17) is 17.2 Å². The summed E-state index contributed by atoms with van der Waals surface area (Å²) >= 11 is 5.41. The van der Waals surface area contributed by atoms with E-state index in [1.807, 2.05) is 22.8 Å². The Labute approximate surface area is 169 Å². The maximum absolute atomic E-state index is 12.9. The third-order valence-corrected chi connectivity index (χ3v) is 5.39. The third-order valence-electron chi connectivity index (χ3n) is 5.15. The minimum Gasteiger partial charge on any atom is -0.358 e. The average molecular weight is 393 g/mol. The second-order valence-corrected chi connectivity index (χ2v) is 7.73. The molecule has 2 N–H and O–H groups in total. The van der Waals surface area contributed by atoms with Crippen LogP contribution in [0.2, 0.25) is 0 Å². The summed E-state index contributed by atoms with van der Waals surface area (Å²) in [6.45, 7) is 3.47. The Kier molecular flexibility index (Phi) is 5.39. The summed E-state index contributed by atoms with van der Waals surface area (Å²) in [5, 5.41) is 7.56. The molecule has 2 heterocycles. The van der Waals surface area contributed by atoms with Crippen LogP contribution in [0.3, 0.4) is 0 Å². The second-order valence-electron chi connectivity index (χ2n) is 7.32. The van der Waals surface area contributed by atoms with Gasteiger partial charge in [0.05, 0.1) is 10.9 Å². The van der Waals surface area contributed by atoms with Crippen LogP contribution in [0.1, 0.15) is 36.2 Å². The highest BCUT2D eigenvalue weighted by molar-refractivity contribution is 7.80. The van der Waals surface area contributed by atoms with Gasteiger partial charge in [0, 0.05) is 25.2 Å². The molecule has 0 unspecified atom stereocenters. The molecule has 1 aliphatic heterocycles. The summed E-state index contributed by atoms with van der Waals surface area (Å²) in [4.78, 5) is 17.7. The van der Waals surface area contributed by atoms with Crippen molar-refractivity contribution in [2.75, 3.05) is 5.32 Å². The van der Waals surface area contributed by atoms with Gasteiger partial charge in [-0.05, 0) is 55.7 Å². The standard InChI is InChI=1S/C22H24N4OS/c1-15-6-8-16(9-7-15)14-23-22(28)24-17-10-11-19-18(13-17)21(27)26-12-4-2-3-5-20(26)25-19/h6-11,13H,2-5,12,14H2,1H3,(H2,23,24,28). The van der Waals surface area contributed by atoms with Crippen LogP contribution < -0.4 is 16.2 Å². The van der Waals surface area contributed by atoms with Crippen LogP contribution in [-0.4, -0.2) is 14.7 Å². The number of nitrogens with zero attached hydrogens (tertiary/aromatic N) is 2. The Balaban J connectivity index is 1.51. The highest BCUT2D eigenvalue weighted by Crippen LogP contribution is 2.18. The Morgan fingerprint density at radius 3 is 2.79 bits per heavy atom. The van der Waals surface area contributed by atoms with Crippen molar-refractivity contribution in [1.29, 1.82) is 0 Å². The second kappa shape index (κ2) is 8.10. The van der Waals surface area contributed by atoms with E-state index in [0.717, 1.165) is 49.3 Å². The molecule has 0 amide bonds. The molecule has 0 bridgehead atoms. The van der Waals surface area contributed by atoms with E-state index in [2.05, 4.69) is 41.8 Å². The Bertz CT molecular complexity index is 1070. The van der Waals surface area contributed by atoms with Crippen molar-refractivity contribution in [3.8, 4) is 0 Å². The van der Waals surface area contributed by atoms with Gasteiger partial charge < -0.3 is 10.6 Å². The normalized spacial score (nSPS) is 13.6. The third kappa shape index (κ3) is 4.07. The molecule has 1 aliphatic rings. The van der Waals surface area contributed by atoms with Crippen molar-refractivity contribution in [2.45, 2.75) is 45.7 Å². The molecular weight excluding hydrogens is 368 g/mol. The fourth-order valence-electron chi connectivity index (χ4n) is 3.56. The predicted octanol–water partition coefficient (Wildman–Crippen LogP) is 3.92. The zero-order valence-corrected chi connectivity index (χ0v) is 16.8. The van der Waals surface area contributed by atoms with Gasteiger partial charge in [-0.1, -0.05) is 36.2 Å². The van der Waals surface area contributed by atoms with Gasteiger partial charge in [0.1, 0.15) is 5.82 Å². The smallest absolute Gasteiger partial charge is 0.261 e. The lowest BCUT2D eigenvalue weighted by Gasteiger charge is -2.13. The molecular formula is C22H24N4OS. The minimum absolute atomic E-state index is 0.0454. The quantitative estimate of drug-likeness (QED) is 0.662. The number of aryl methyl sites for hydroxylation is 2. The maximum Gasteiger partial charge on any atom is 0.261 e. The van der Waals surface area contributed by atoms with Crippen molar-refractivity contribution < 1.29 is 0 Å². The highest BCUT2D eigenvalue weighted by atomic mass is 32.1. The topological polar surface area (TPSA) is 59.0 Å². The fraction of sp³-hybridized carbons (Fsp3) is 0.318. The van der Waals surface area contributed by atoms with E-state index in [1.165, 1.54) is 11.1 Å². The van der Waals surface area contributed by atoms with Gasteiger partial charge in [-0.2, -0.15) is 0 Å². The molecule has 0 fully saturated rings. The number of thiocarbonyl (C=S) groups is 1. The largest absolute Gasteiger partial charge is 0.358 e. The molecule has 0 saturated heterocycles. The van der Waals surface area contributed by atoms with Crippen LogP contribution in [0.4, 0.5) is 5.69 Å². The van der Waals surface area contributed by atoms with Crippen molar-refractivity contribution in [3.05, 3.63) is 69.8 Å². The number of fused-ring (bicyclic) bond motifs is 2. The van der Waals surface area contributed by atoms with Crippen molar-refractivity contribution in [2.24, 2.45) is 0 Å². The van der Waals surface area contributed by atoms with Crippen LogP contribution in [0.25, 0.3) is 10.9 Å². The summed E-state index contributed by atoms with van der Waals surface area (Å²) < 4.78 is 1.84. The van der Waals surface area contributed by atoms with E-state index < -0.39 is 0 Å². The lowest BCUT2D eigenvalue weighted by Crippen LogP contribution is -2.28. The van der Waals surface area contributed by atoms with Gasteiger partial charge in [0.15, 0.2) is 5.11 Å². The molecule has 144 valence electrons. The van der Waals surface area contributed by atoms with Gasteiger partial charge in [0.25, 0.3) is 5.56 Å². The van der Waals surface area contributed by atoms with Crippen LogP contribution in [0.15, 0.2) is 47.3 Å². The van der Waals surface area contributed by atoms with Gasteiger partial charge in [-0.15, -0.1) is 0 Å². The summed E-state index contributed by atoms with van der Waals surface area (Å²) in [5.74, 6) is 0.908. The summed E-state index contributed by atoms with van der Waals surface area (Å²) in [5.41, 5.74) is 3.99. The first-order valence-corrected chi connectivity index (χ1v) is 10.1. The molecule has 28 heavy (non-hydrogen) atoms. The van der Waals surface area contributed by atoms with Crippen molar-refractivity contribution in [1.82, 2.24) is 14.9 Å². The Morgan fingerprint density at radius 1 is 1.14 bits per heavy atom. The number of benzene rings is 2.